The standard InChI is InChI=1S/C11H18N2O3/c1-7(6-14)12-11(15)5-4-10-8(2)13-16-9(10)3/h7,14H,4-6H2,1-3H3,(H,12,15). The molecule has 1 atom stereocenters. The molecular formula is C11H18N2O3. The zero-order chi connectivity index (χ0) is 12.1. The van der Waals surface area contributed by atoms with Gasteiger partial charge in [0.1, 0.15) is 5.76 Å². The highest BCUT2D eigenvalue weighted by atomic mass is 16.5. The molecule has 1 heterocycles. The number of carbonyl (C=O) groups excluding carboxylic acids is 1. The molecule has 0 bridgehead atoms. The number of carbonyl (C=O) groups is 1. The summed E-state index contributed by atoms with van der Waals surface area (Å²) in [5.74, 6) is 0.696. The number of aryl methyl sites for hydroxylation is 2. The zero-order valence-electron chi connectivity index (χ0n) is 9.91. The van der Waals surface area contributed by atoms with E-state index < -0.39 is 0 Å². The van der Waals surface area contributed by atoms with Gasteiger partial charge in [0.25, 0.3) is 0 Å². The molecule has 0 aliphatic heterocycles. The highest BCUT2D eigenvalue weighted by Gasteiger charge is 2.12. The molecule has 2 N–H and O–H groups in total. The van der Waals surface area contributed by atoms with Crippen LogP contribution in [0.4, 0.5) is 0 Å². The highest BCUT2D eigenvalue weighted by Crippen LogP contribution is 2.14. The molecule has 5 nitrogen and oxygen atoms in total. The van der Waals surface area contributed by atoms with Crippen LogP contribution in [0.5, 0.6) is 0 Å². The van der Waals surface area contributed by atoms with Crippen LogP contribution in [0.3, 0.4) is 0 Å². The second-order valence-corrected chi connectivity index (χ2v) is 3.95. The number of nitrogens with zero attached hydrogens (tertiary/aromatic N) is 1. The first-order valence-corrected chi connectivity index (χ1v) is 5.36. The van der Waals surface area contributed by atoms with E-state index in [1.165, 1.54) is 0 Å². The summed E-state index contributed by atoms with van der Waals surface area (Å²) in [6.45, 7) is 5.41. The zero-order valence-corrected chi connectivity index (χ0v) is 9.91. The number of aromatic nitrogens is 1. The van der Waals surface area contributed by atoms with Crippen LogP contribution >= 0.6 is 0 Å². The maximum absolute atomic E-state index is 11.5. The van der Waals surface area contributed by atoms with Crippen LogP contribution in [0.15, 0.2) is 4.52 Å². The molecule has 1 unspecified atom stereocenters. The first kappa shape index (κ1) is 12.7. The van der Waals surface area contributed by atoms with Gasteiger partial charge in [-0.1, -0.05) is 5.16 Å². The summed E-state index contributed by atoms with van der Waals surface area (Å²) in [5.41, 5.74) is 1.83. The Balaban J connectivity index is 2.43. The summed E-state index contributed by atoms with van der Waals surface area (Å²) in [6.07, 6.45) is 0.998. The summed E-state index contributed by atoms with van der Waals surface area (Å²) >= 11 is 0. The van der Waals surface area contributed by atoms with Crippen molar-refractivity contribution >= 4 is 5.91 Å². The number of aliphatic hydroxyl groups excluding tert-OH is 1. The summed E-state index contributed by atoms with van der Waals surface area (Å²) in [4.78, 5) is 11.5. The van der Waals surface area contributed by atoms with Crippen molar-refractivity contribution in [3.05, 3.63) is 17.0 Å². The maximum atomic E-state index is 11.5. The average molecular weight is 226 g/mol. The Bertz CT molecular complexity index is 341. The van der Waals surface area contributed by atoms with Crippen LogP contribution < -0.4 is 5.32 Å². The number of hydrogen-bond acceptors (Lipinski definition) is 4. The molecule has 0 saturated heterocycles. The number of nitrogens with one attached hydrogen (secondary N) is 1. The molecule has 0 fully saturated rings. The fourth-order valence-corrected chi connectivity index (χ4v) is 1.49. The Morgan fingerprint density at radius 2 is 2.25 bits per heavy atom. The van der Waals surface area contributed by atoms with Gasteiger partial charge in [-0.25, -0.2) is 0 Å². The fraction of sp³-hybridized carbons (Fsp3) is 0.636. The number of amides is 1. The third-order valence-electron chi connectivity index (χ3n) is 2.46. The van der Waals surface area contributed by atoms with Crippen LogP contribution in [0.1, 0.15) is 30.4 Å². The molecule has 0 aliphatic carbocycles. The summed E-state index contributed by atoms with van der Waals surface area (Å²) in [6, 6.07) is -0.197. The van der Waals surface area contributed by atoms with E-state index in [0.29, 0.717) is 12.8 Å². The van der Waals surface area contributed by atoms with Crippen molar-refractivity contribution in [2.75, 3.05) is 6.61 Å². The minimum Gasteiger partial charge on any atom is -0.394 e. The van der Waals surface area contributed by atoms with Gasteiger partial charge in [-0.3, -0.25) is 4.79 Å². The topological polar surface area (TPSA) is 75.4 Å². The lowest BCUT2D eigenvalue weighted by molar-refractivity contribution is -0.121. The lowest BCUT2D eigenvalue weighted by Gasteiger charge is -2.10. The smallest absolute Gasteiger partial charge is 0.220 e. The molecular weight excluding hydrogens is 208 g/mol. The van der Waals surface area contributed by atoms with E-state index in [0.717, 1.165) is 17.0 Å². The molecule has 0 spiro atoms. The van der Waals surface area contributed by atoms with Crippen molar-refractivity contribution in [1.29, 1.82) is 0 Å². The Morgan fingerprint density at radius 3 is 2.75 bits per heavy atom. The van der Waals surface area contributed by atoms with Gasteiger partial charge in [-0.15, -0.1) is 0 Å². The van der Waals surface area contributed by atoms with E-state index in [9.17, 15) is 4.79 Å². The van der Waals surface area contributed by atoms with Gasteiger partial charge in [-0.2, -0.15) is 0 Å². The van der Waals surface area contributed by atoms with Gasteiger partial charge in [0, 0.05) is 18.0 Å². The third-order valence-corrected chi connectivity index (χ3v) is 2.46. The van der Waals surface area contributed by atoms with E-state index >= 15 is 0 Å². The molecule has 1 rings (SSSR count). The van der Waals surface area contributed by atoms with Crippen molar-refractivity contribution < 1.29 is 14.4 Å². The lowest BCUT2D eigenvalue weighted by atomic mass is 10.1. The Kier molecular flexibility index (Phi) is 4.49. The largest absolute Gasteiger partial charge is 0.394 e. The SMILES string of the molecule is Cc1noc(C)c1CCC(=O)NC(C)CO. The molecule has 1 amide bonds. The number of rotatable bonds is 5. The van der Waals surface area contributed by atoms with Gasteiger partial charge < -0.3 is 14.9 Å². The van der Waals surface area contributed by atoms with Crippen molar-refractivity contribution in [3.8, 4) is 0 Å². The molecule has 0 aliphatic rings. The molecule has 16 heavy (non-hydrogen) atoms. The molecule has 1 aromatic rings. The monoisotopic (exact) mass is 226 g/mol. The predicted octanol–water partition coefficient (Wildman–Crippen LogP) is 0.721. The second kappa shape index (κ2) is 5.65. The Hall–Kier alpha value is -1.36. The normalized spacial score (nSPS) is 12.5. The Morgan fingerprint density at radius 1 is 1.56 bits per heavy atom. The van der Waals surface area contributed by atoms with Crippen molar-refractivity contribution in [3.63, 3.8) is 0 Å². The van der Waals surface area contributed by atoms with Crippen molar-refractivity contribution in [2.45, 2.75) is 39.7 Å². The van der Waals surface area contributed by atoms with Crippen molar-refractivity contribution in [1.82, 2.24) is 10.5 Å². The van der Waals surface area contributed by atoms with E-state index in [1.54, 1.807) is 6.92 Å². The number of aliphatic hydroxyl groups is 1. The van der Waals surface area contributed by atoms with Gasteiger partial charge in [0.05, 0.1) is 12.3 Å². The maximum Gasteiger partial charge on any atom is 0.220 e. The second-order valence-electron chi connectivity index (χ2n) is 3.95. The summed E-state index contributed by atoms with van der Waals surface area (Å²) < 4.78 is 5.01. The summed E-state index contributed by atoms with van der Waals surface area (Å²) in [5, 5.41) is 15.3. The average Bonchev–Trinajstić information content (AvgIpc) is 2.56. The van der Waals surface area contributed by atoms with Crippen LogP contribution in [-0.4, -0.2) is 28.8 Å². The van der Waals surface area contributed by atoms with Crippen molar-refractivity contribution in [2.24, 2.45) is 0 Å². The Labute approximate surface area is 94.8 Å². The first-order valence-electron chi connectivity index (χ1n) is 5.36. The molecule has 0 saturated carbocycles. The first-order chi connectivity index (χ1) is 7.54. The fourth-order valence-electron chi connectivity index (χ4n) is 1.49. The third kappa shape index (κ3) is 3.34. The predicted molar refractivity (Wildman–Crippen MR) is 59.0 cm³/mol. The molecule has 90 valence electrons. The highest BCUT2D eigenvalue weighted by molar-refractivity contribution is 5.76. The minimum absolute atomic E-state index is 0.0446. The lowest BCUT2D eigenvalue weighted by Crippen LogP contribution is -2.35. The van der Waals surface area contributed by atoms with Crippen LogP contribution in [0.2, 0.25) is 0 Å². The van der Waals surface area contributed by atoms with Crippen LogP contribution in [0.25, 0.3) is 0 Å². The number of hydrogen-bond donors (Lipinski definition) is 2. The van der Waals surface area contributed by atoms with E-state index in [1.807, 2.05) is 13.8 Å². The van der Waals surface area contributed by atoms with Crippen LogP contribution in [-0.2, 0) is 11.2 Å². The molecule has 0 radical (unpaired) electrons. The quantitative estimate of drug-likeness (QED) is 0.775. The van der Waals surface area contributed by atoms with E-state index in [2.05, 4.69) is 10.5 Å². The van der Waals surface area contributed by atoms with Gasteiger partial charge in [0.2, 0.25) is 5.91 Å². The minimum atomic E-state index is -0.197. The molecule has 1 aromatic heterocycles. The van der Waals surface area contributed by atoms with Crippen LogP contribution in [0, 0.1) is 13.8 Å². The summed E-state index contributed by atoms with van der Waals surface area (Å²) in [7, 11) is 0. The molecule has 5 heteroatoms. The van der Waals surface area contributed by atoms with E-state index in [4.69, 9.17) is 9.63 Å². The van der Waals surface area contributed by atoms with Gasteiger partial charge in [-0.05, 0) is 27.2 Å². The molecule has 0 aromatic carbocycles. The van der Waals surface area contributed by atoms with E-state index in [-0.39, 0.29) is 18.6 Å². The van der Waals surface area contributed by atoms with Gasteiger partial charge >= 0.3 is 0 Å². The van der Waals surface area contributed by atoms with Gasteiger partial charge in [0.15, 0.2) is 0 Å².